The van der Waals surface area contributed by atoms with Crippen LogP contribution in [0, 0.1) is 0 Å². The maximum Gasteiger partial charge on any atom is 0.287 e. The van der Waals surface area contributed by atoms with Gasteiger partial charge in [0.2, 0.25) is 5.91 Å². The van der Waals surface area contributed by atoms with E-state index in [1.165, 1.54) is 24.1 Å². The first-order valence-corrected chi connectivity index (χ1v) is 11.2. The molecular weight excluding hydrogens is 426 g/mol. The van der Waals surface area contributed by atoms with Crippen LogP contribution < -0.4 is 15.5 Å². The van der Waals surface area contributed by atoms with Crippen molar-refractivity contribution in [3.63, 3.8) is 0 Å². The van der Waals surface area contributed by atoms with Crippen molar-refractivity contribution in [2.24, 2.45) is 0 Å². The molecule has 7 nitrogen and oxygen atoms in total. The summed E-state index contributed by atoms with van der Waals surface area (Å²) in [7, 11) is 0. The molecule has 1 aliphatic heterocycles. The molecule has 32 heavy (non-hydrogen) atoms. The molecular formula is C24H23N3O4S. The molecule has 1 aromatic heterocycles. The van der Waals surface area contributed by atoms with Gasteiger partial charge in [0.1, 0.15) is 6.04 Å². The second-order valence-corrected chi connectivity index (χ2v) is 8.48. The third-order valence-electron chi connectivity index (χ3n) is 5.03. The van der Waals surface area contributed by atoms with Crippen LogP contribution in [-0.4, -0.2) is 30.3 Å². The lowest BCUT2D eigenvalue weighted by Crippen LogP contribution is -2.41. The largest absolute Gasteiger partial charge is 0.459 e. The van der Waals surface area contributed by atoms with Crippen LogP contribution in [0.2, 0.25) is 0 Å². The Labute approximate surface area is 190 Å². The van der Waals surface area contributed by atoms with Gasteiger partial charge in [0.15, 0.2) is 5.76 Å². The van der Waals surface area contributed by atoms with Gasteiger partial charge in [-0.2, -0.15) is 0 Å². The zero-order valence-electron chi connectivity index (χ0n) is 17.8. The lowest BCUT2D eigenvalue weighted by molar-refractivity contribution is -0.117. The summed E-state index contributed by atoms with van der Waals surface area (Å²) in [6.07, 6.45) is 2.22. The van der Waals surface area contributed by atoms with Crippen LogP contribution in [-0.2, 0) is 4.79 Å². The van der Waals surface area contributed by atoms with E-state index in [1.807, 2.05) is 43.3 Å². The Bertz CT molecular complexity index is 1160. The van der Waals surface area contributed by atoms with Crippen molar-refractivity contribution in [3.8, 4) is 0 Å². The topological polar surface area (TPSA) is 91.7 Å². The van der Waals surface area contributed by atoms with Crippen LogP contribution in [0.4, 0.5) is 11.4 Å². The van der Waals surface area contributed by atoms with Crippen molar-refractivity contribution >= 4 is 40.9 Å². The van der Waals surface area contributed by atoms with E-state index in [0.717, 1.165) is 21.9 Å². The number of hydrogen-bond donors (Lipinski definition) is 2. The number of furan rings is 1. The summed E-state index contributed by atoms with van der Waals surface area (Å²) in [5.74, 6) is -0.698. The number of benzene rings is 2. The first-order chi connectivity index (χ1) is 15.5. The molecule has 0 bridgehead atoms. The monoisotopic (exact) mass is 449 g/mol. The number of anilines is 2. The van der Waals surface area contributed by atoms with Crippen LogP contribution in [0.25, 0.3) is 0 Å². The summed E-state index contributed by atoms with van der Waals surface area (Å²) >= 11 is 1.50. The summed E-state index contributed by atoms with van der Waals surface area (Å²) in [6, 6.07) is 15.4. The molecule has 0 saturated carbocycles. The van der Waals surface area contributed by atoms with Gasteiger partial charge in [-0.1, -0.05) is 30.8 Å². The van der Waals surface area contributed by atoms with Crippen LogP contribution in [0.5, 0.6) is 0 Å². The van der Waals surface area contributed by atoms with Crippen molar-refractivity contribution in [2.75, 3.05) is 16.8 Å². The van der Waals surface area contributed by atoms with Crippen molar-refractivity contribution in [3.05, 3.63) is 72.2 Å². The van der Waals surface area contributed by atoms with E-state index in [1.54, 1.807) is 24.0 Å². The zero-order valence-corrected chi connectivity index (χ0v) is 18.6. The molecule has 3 amide bonds. The van der Waals surface area contributed by atoms with E-state index in [-0.39, 0.29) is 17.6 Å². The van der Waals surface area contributed by atoms with Crippen LogP contribution in [0.3, 0.4) is 0 Å². The Morgan fingerprint density at radius 3 is 2.66 bits per heavy atom. The molecule has 2 heterocycles. The summed E-state index contributed by atoms with van der Waals surface area (Å²) in [6.45, 7) is 4.23. The Hall–Kier alpha value is -3.52. The van der Waals surface area contributed by atoms with Gasteiger partial charge in [0.05, 0.1) is 17.5 Å². The van der Waals surface area contributed by atoms with E-state index >= 15 is 0 Å². The fourth-order valence-electron chi connectivity index (χ4n) is 3.44. The first kappa shape index (κ1) is 21.7. The highest BCUT2D eigenvalue weighted by Gasteiger charge is 2.27. The maximum absolute atomic E-state index is 13.1. The molecule has 2 N–H and O–H groups in total. The van der Waals surface area contributed by atoms with Gasteiger partial charge in [-0.05, 0) is 55.8 Å². The molecule has 1 aliphatic rings. The average molecular weight is 450 g/mol. The van der Waals surface area contributed by atoms with E-state index in [9.17, 15) is 14.4 Å². The van der Waals surface area contributed by atoms with Crippen LogP contribution in [0.1, 0.15) is 41.2 Å². The molecule has 0 aliphatic carbocycles. The van der Waals surface area contributed by atoms with Gasteiger partial charge in [-0.25, -0.2) is 0 Å². The molecule has 164 valence electrons. The van der Waals surface area contributed by atoms with Gasteiger partial charge in [0, 0.05) is 22.0 Å². The molecule has 0 unspecified atom stereocenters. The molecule has 2 aromatic carbocycles. The Morgan fingerprint density at radius 2 is 1.91 bits per heavy atom. The molecule has 1 atom stereocenters. The second-order valence-electron chi connectivity index (χ2n) is 7.40. The number of carbonyl (C=O) groups is 3. The van der Waals surface area contributed by atoms with Gasteiger partial charge < -0.3 is 20.0 Å². The van der Waals surface area contributed by atoms with Crippen molar-refractivity contribution < 1.29 is 18.8 Å². The summed E-state index contributed by atoms with van der Waals surface area (Å²) < 4.78 is 5.06. The van der Waals surface area contributed by atoms with Gasteiger partial charge in [0.25, 0.3) is 11.8 Å². The summed E-state index contributed by atoms with van der Waals surface area (Å²) in [5.41, 5.74) is 2.07. The van der Waals surface area contributed by atoms with E-state index in [0.29, 0.717) is 17.8 Å². The Balaban J connectivity index is 1.55. The molecule has 4 rings (SSSR count). The van der Waals surface area contributed by atoms with Crippen LogP contribution in [0.15, 0.2) is 75.1 Å². The van der Waals surface area contributed by atoms with E-state index in [2.05, 4.69) is 10.6 Å². The third kappa shape index (κ3) is 4.40. The number of amides is 3. The highest BCUT2D eigenvalue weighted by molar-refractivity contribution is 7.99. The minimum absolute atomic E-state index is 0.0280. The fourth-order valence-corrected chi connectivity index (χ4v) is 4.56. The fraction of sp³-hybridized carbons (Fsp3) is 0.208. The molecule has 0 fully saturated rings. The quantitative estimate of drug-likeness (QED) is 0.576. The minimum Gasteiger partial charge on any atom is -0.459 e. The predicted octanol–water partition coefficient (Wildman–Crippen LogP) is 4.56. The van der Waals surface area contributed by atoms with Gasteiger partial charge >= 0.3 is 0 Å². The zero-order chi connectivity index (χ0) is 22.7. The smallest absolute Gasteiger partial charge is 0.287 e. The summed E-state index contributed by atoms with van der Waals surface area (Å²) in [5, 5.41) is 5.46. The molecule has 0 saturated heterocycles. The Morgan fingerprint density at radius 1 is 1.09 bits per heavy atom. The van der Waals surface area contributed by atoms with E-state index < -0.39 is 11.9 Å². The normalized spacial score (nSPS) is 13.6. The van der Waals surface area contributed by atoms with Gasteiger partial charge in [-0.3, -0.25) is 14.4 Å². The number of carbonyl (C=O) groups excluding carboxylic acids is 3. The van der Waals surface area contributed by atoms with Crippen molar-refractivity contribution in [1.29, 1.82) is 0 Å². The highest BCUT2D eigenvalue weighted by Crippen LogP contribution is 2.42. The molecule has 3 aromatic rings. The summed E-state index contributed by atoms with van der Waals surface area (Å²) in [4.78, 5) is 41.4. The number of nitrogens with zero attached hydrogens (tertiary/aromatic N) is 1. The number of fused-ring (bicyclic) bond motifs is 2. The SMILES string of the molecule is CCCN1C(=O)c2ccccc2Sc2cc(NC(=O)[C@H](C)NC(=O)c3ccco3)ccc21. The average Bonchev–Trinajstić information content (AvgIpc) is 3.30. The predicted molar refractivity (Wildman–Crippen MR) is 123 cm³/mol. The maximum atomic E-state index is 13.1. The van der Waals surface area contributed by atoms with E-state index in [4.69, 9.17) is 4.42 Å². The lowest BCUT2D eigenvalue weighted by atomic mass is 10.1. The first-order valence-electron chi connectivity index (χ1n) is 10.4. The molecule has 8 heteroatoms. The molecule has 0 radical (unpaired) electrons. The lowest BCUT2D eigenvalue weighted by Gasteiger charge is -2.23. The van der Waals surface area contributed by atoms with Gasteiger partial charge in [-0.15, -0.1) is 0 Å². The minimum atomic E-state index is -0.766. The number of hydrogen-bond acceptors (Lipinski definition) is 5. The van der Waals surface area contributed by atoms with Crippen LogP contribution >= 0.6 is 11.8 Å². The number of rotatable bonds is 6. The highest BCUT2D eigenvalue weighted by atomic mass is 32.2. The number of nitrogens with one attached hydrogen (secondary N) is 2. The molecule has 0 spiro atoms. The third-order valence-corrected chi connectivity index (χ3v) is 6.16. The van der Waals surface area contributed by atoms with Crippen molar-refractivity contribution in [1.82, 2.24) is 5.32 Å². The second kappa shape index (κ2) is 9.32. The Kier molecular flexibility index (Phi) is 6.32. The standard InChI is InChI=1S/C24H23N3O4S/c1-3-12-27-18-11-10-16(14-21(18)32-20-9-5-4-7-17(20)24(27)30)26-22(28)15(2)25-23(29)19-8-6-13-31-19/h4-11,13-15H,3,12H2,1-2H3,(H,25,29)(H,26,28)/t15-/m0/s1. The van der Waals surface area contributed by atoms with Crippen molar-refractivity contribution in [2.45, 2.75) is 36.1 Å².